The molecule has 0 radical (unpaired) electrons. The quantitative estimate of drug-likeness (QED) is 0.802. The van der Waals surface area contributed by atoms with Gasteiger partial charge in [0.15, 0.2) is 5.78 Å². The molecule has 19 heavy (non-hydrogen) atoms. The van der Waals surface area contributed by atoms with Gasteiger partial charge in [-0.2, -0.15) is 5.26 Å². The van der Waals surface area contributed by atoms with E-state index in [1.807, 2.05) is 13.0 Å². The van der Waals surface area contributed by atoms with Gasteiger partial charge in [0.1, 0.15) is 5.92 Å². The number of pyridine rings is 1. The molecule has 1 atom stereocenters. The average molecular weight is 271 g/mol. The number of aryl methyl sites for hydroxylation is 1. The molecule has 1 aromatic carbocycles. The summed E-state index contributed by atoms with van der Waals surface area (Å²) in [6.45, 7) is 1.82. The first-order chi connectivity index (χ1) is 9.13. The number of nitriles is 1. The molecule has 1 aromatic heterocycles. The Morgan fingerprint density at radius 1 is 1.42 bits per heavy atom. The summed E-state index contributed by atoms with van der Waals surface area (Å²) in [5.74, 6) is -1.08. The number of carbonyl (C=O) groups excluding carboxylic acids is 1. The maximum atomic E-state index is 12.3. The zero-order valence-electron chi connectivity index (χ0n) is 10.3. The summed E-state index contributed by atoms with van der Waals surface area (Å²) in [6, 6.07) is 10.5. The number of aromatic nitrogens is 1. The van der Waals surface area contributed by atoms with E-state index in [0.29, 0.717) is 16.1 Å². The number of Topliss-reactive ketones (excluding diaryl/α,β-unsaturated/α-hetero) is 1. The van der Waals surface area contributed by atoms with Gasteiger partial charge in [-0.3, -0.25) is 9.78 Å². The Balaban J connectivity index is 2.37. The Hall–Kier alpha value is -2.18. The van der Waals surface area contributed by atoms with E-state index in [-0.39, 0.29) is 5.78 Å². The highest BCUT2D eigenvalue weighted by Crippen LogP contribution is 2.23. The van der Waals surface area contributed by atoms with E-state index in [2.05, 4.69) is 4.98 Å². The molecule has 1 heterocycles. The summed E-state index contributed by atoms with van der Waals surface area (Å²) in [4.78, 5) is 16.3. The van der Waals surface area contributed by atoms with Gasteiger partial charge in [-0.25, -0.2) is 0 Å². The van der Waals surface area contributed by atoms with E-state index in [0.717, 1.165) is 5.56 Å². The Bertz CT molecular complexity index is 647. The van der Waals surface area contributed by atoms with Crippen molar-refractivity contribution < 1.29 is 4.79 Å². The first-order valence-electron chi connectivity index (χ1n) is 5.73. The van der Waals surface area contributed by atoms with Crippen molar-refractivity contribution in [2.75, 3.05) is 0 Å². The van der Waals surface area contributed by atoms with Crippen molar-refractivity contribution in [1.29, 1.82) is 5.26 Å². The van der Waals surface area contributed by atoms with Crippen molar-refractivity contribution in [3.8, 4) is 6.07 Å². The van der Waals surface area contributed by atoms with Crippen LogP contribution in [0, 0.1) is 18.3 Å². The minimum Gasteiger partial charge on any atom is -0.292 e. The minimum atomic E-state index is -0.839. The number of halogens is 1. The maximum Gasteiger partial charge on any atom is 0.184 e. The zero-order valence-corrected chi connectivity index (χ0v) is 11.1. The van der Waals surface area contributed by atoms with Gasteiger partial charge in [0.2, 0.25) is 0 Å². The molecular weight excluding hydrogens is 260 g/mol. The van der Waals surface area contributed by atoms with Crippen LogP contribution < -0.4 is 0 Å². The van der Waals surface area contributed by atoms with Gasteiger partial charge < -0.3 is 0 Å². The summed E-state index contributed by atoms with van der Waals surface area (Å²) in [7, 11) is 0. The van der Waals surface area contributed by atoms with Crippen LogP contribution in [0.1, 0.15) is 27.4 Å². The van der Waals surface area contributed by atoms with Gasteiger partial charge in [0.25, 0.3) is 0 Å². The van der Waals surface area contributed by atoms with E-state index in [1.165, 1.54) is 6.20 Å². The topological polar surface area (TPSA) is 53.8 Å². The number of hydrogen-bond donors (Lipinski definition) is 0. The van der Waals surface area contributed by atoms with E-state index in [4.69, 9.17) is 11.6 Å². The second-order valence-corrected chi connectivity index (χ2v) is 4.58. The van der Waals surface area contributed by atoms with E-state index in [1.54, 1.807) is 36.5 Å². The number of rotatable bonds is 3. The Morgan fingerprint density at radius 2 is 2.21 bits per heavy atom. The molecule has 0 N–H and O–H groups in total. The fourth-order valence-electron chi connectivity index (χ4n) is 1.80. The standard InChI is InChI=1S/C15H11ClN2O/c1-10-7-11(4-5-14(10)16)15(19)13(8-17)12-3-2-6-18-9-12/h2-7,9,13H,1H3. The first-order valence-corrected chi connectivity index (χ1v) is 6.11. The Labute approximate surface area is 116 Å². The van der Waals surface area contributed by atoms with Crippen molar-refractivity contribution in [3.63, 3.8) is 0 Å². The van der Waals surface area contributed by atoms with Crippen LogP contribution in [-0.4, -0.2) is 10.8 Å². The van der Waals surface area contributed by atoms with Gasteiger partial charge in [0.05, 0.1) is 6.07 Å². The molecule has 0 amide bonds. The number of hydrogen-bond acceptors (Lipinski definition) is 3. The zero-order chi connectivity index (χ0) is 13.8. The lowest BCUT2D eigenvalue weighted by molar-refractivity contribution is 0.0978. The predicted molar refractivity (Wildman–Crippen MR) is 73.1 cm³/mol. The van der Waals surface area contributed by atoms with Crippen molar-refractivity contribution >= 4 is 17.4 Å². The summed E-state index contributed by atoms with van der Waals surface area (Å²) < 4.78 is 0. The van der Waals surface area contributed by atoms with Gasteiger partial charge in [-0.1, -0.05) is 17.7 Å². The molecular formula is C15H11ClN2O. The second-order valence-electron chi connectivity index (χ2n) is 4.18. The van der Waals surface area contributed by atoms with Crippen LogP contribution >= 0.6 is 11.6 Å². The SMILES string of the molecule is Cc1cc(C(=O)C(C#N)c2cccnc2)ccc1Cl. The molecule has 94 valence electrons. The van der Waals surface area contributed by atoms with E-state index < -0.39 is 5.92 Å². The predicted octanol–water partition coefficient (Wildman–Crippen LogP) is 3.53. The minimum absolute atomic E-state index is 0.240. The third kappa shape index (κ3) is 2.81. The molecule has 4 heteroatoms. The monoisotopic (exact) mass is 270 g/mol. The summed E-state index contributed by atoms with van der Waals surface area (Å²) >= 11 is 5.93. The normalized spacial score (nSPS) is 11.6. The van der Waals surface area contributed by atoms with Gasteiger partial charge in [-0.05, 0) is 42.3 Å². The molecule has 0 spiro atoms. The molecule has 0 aliphatic rings. The lowest BCUT2D eigenvalue weighted by atomic mass is 9.92. The summed E-state index contributed by atoms with van der Waals surface area (Å²) in [5, 5.41) is 9.81. The second kappa shape index (κ2) is 5.64. The van der Waals surface area contributed by atoms with Crippen molar-refractivity contribution in [3.05, 3.63) is 64.4 Å². The van der Waals surface area contributed by atoms with Gasteiger partial charge in [0, 0.05) is 23.0 Å². The molecule has 0 saturated heterocycles. The Morgan fingerprint density at radius 3 is 2.79 bits per heavy atom. The average Bonchev–Trinajstić information content (AvgIpc) is 2.44. The molecule has 0 bridgehead atoms. The Kier molecular flexibility index (Phi) is 3.94. The molecule has 0 aliphatic heterocycles. The van der Waals surface area contributed by atoms with Crippen molar-refractivity contribution in [2.45, 2.75) is 12.8 Å². The van der Waals surface area contributed by atoms with Crippen LogP contribution in [0.2, 0.25) is 5.02 Å². The molecule has 1 unspecified atom stereocenters. The maximum absolute atomic E-state index is 12.3. The summed E-state index contributed by atoms with van der Waals surface area (Å²) in [5.41, 5.74) is 1.90. The number of carbonyl (C=O) groups is 1. The molecule has 3 nitrogen and oxygen atoms in total. The lowest BCUT2D eigenvalue weighted by Gasteiger charge is -2.09. The number of ketones is 1. The van der Waals surface area contributed by atoms with Crippen LogP contribution in [0.3, 0.4) is 0 Å². The molecule has 2 aromatic rings. The third-order valence-corrected chi connectivity index (χ3v) is 3.28. The summed E-state index contributed by atoms with van der Waals surface area (Å²) in [6.07, 6.45) is 3.14. The lowest BCUT2D eigenvalue weighted by Crippen LogP contribution is -2.11. The third-order valence-electron chi connectivity index (χ3n) is 2.85. The van der Waals surface area contributed by atoms with Crippen LogP contribution in [0.4, 0.5) is 0 Å². The highest BCUT2D eigenvalue weighted by atomic mass is 35.5. The van der Waals surface area contributed by atoms with Gasteiger partial charge in [-0.15, -0.1) is 0 Å². The number of benzene rings is 1. The van der Waals surface area contributed by atoms with Crippen LogP contribution in [-0.2, 0) is 0 Å². The largest absolute Gasteiger partial charge is 0.292 e. The molecule has 0 saturated carbocycles. The molecule has 0 fully saturated rings. The molecule has 2 rings (SSSR count). The molecule has 0 aliphatic carbocycles. The fourth-order valence-corrected chi connectivity index (χ4v) is 1.91. The van der Waals surface area contributed by atoms with Gasteiger partial charge >= 0.3 is 0 Å². The highest BCUT2D eigenvalue weighted by Gasteiger charge is 2.22. The number of nitrogens with zero attached hydrogens (tertiary/aromatic N) is 2. The smallest absolute Gasteiger partial charge is 0.184 e. The van der Waals surface area contributed by atoms with E-state index in [9.17, 15) is 10.1 Å². The van der Waals surface area contributed by atoms with E-state index >= 15 is 0 Å². The van der Waals surface area contributed by atoms with Crippen molar-refractivity contribution in [2.24, 2.45) is 0 Å². The van der Waals surface area contributed by atoms with Crippen LogP contribution in [0.15, 0.2) is 42.7 Å². The first kappa shape index (κ1) is 13.3. The fraction of sp³-hybridized carbons (Fsp3) is 0.133. The van der Waals surface area contributed by atoms with Crippen LogP contribution in [0.25, 0.3) is 0 Å². The van der Waals surface area contributed by atoms with Crippen molar-refractivity contribution in [1.82, 2.24) is 4.98 Å². The van der Waals surface area contributed by atoms with Crippen LogP contribution in [0.5, 0.6) is 0 Å². The highest BCUT2D eigenvalue weighted by molar-refractivity contribution is 6.31.